The van der Waals surface area contributed by atoms with Crippen molar-refractivity contribution in [2.24, 2.45) is 7.05 Å². The zero-order valence-corrected chi connectivity index (χ0v) is 16.6. The van der Waals surface area contributed by atoms with Crippen molar-refractivity contribution in [3.8, 4) is 11.4 Å². The number of nitrogens with zero attached hydrogens (tertiary/aromatic N) is 3. The Hall–Kier alpha value is -3.72. The molecule has 0 atom stereocenters. The second kappa shape index (κ2) is 7.96. The predicted octanol–water partition coefficient (Wildman–Crippen LogP) is 1.79. The zero-order valence-electron chi connectivity index (χ0n) is 15.8. The molecule has 10 heteroatoms. The lowest BCUT2D eigenvalue weighted by Crippen LogP contribution is -2.34. The van der Waals surface area contributed by atoms with Crippen LogP contribution in [-0.2, 0) is 24.8 Å². The molecule has 0 aliphatic rings. The molecule has 0 radical (unpaired) electrons. The number of carbonyl (C=O) groups excluding carboxylic acids is 1. The van der Waals surface area contributed by atoms with Gasteiger partial charge in [-0.1, -0.05) is 28.9 Å². The maximum absolute atomic E-state index is 12.1. The van der Waals surface area contributed by atoms with Crippen molar-refractivity contribution in [2.75, 3.05) is 0 Å². The van der Waals surface area contributed by atoms with Crippen LogP contribution >= 0.6 is 11.6 Å². The summed E-state index contributed by atoms with van der Waals surface area (Å²) in [5.74, 6) is 0.346. The van der Waals surface area contributed by atoms with Gasteiger partial charge in [0.05, 0.1) is 24.0 Å². The number of benzene rings is 2. The first kappa shape index (κ1) is 19.6. The van der Waals surface area contributed by atoms with E-state index in [-0.39, 0.29) is 24.8 Å². The first-order chi connectivity index (χ1) is 14.4. The monoisotopic (exact) mass is 425 g/mol. The molecule has 0 aliphatic carbocycles. The minimum atomic E-state index is -0.709. The predicted molar refractivity (Wildman–Crippen MR) is 110 cm³/mol. The van der Waals surface area contributed by atoms with Crippen LogP contribution in [0.2, 0.25) is 5.02 Å². The van der Waals surface area contributed by atoms with E-state index in [1.165, 1.54) is 11.6 Å². The molecule has 4 rings (SSSR count). The number of aryl methyl sites for hydroxylation is 1. The van der Waals surface area contributed by atoms with E-state index in [1.54, 1.807) is 42.5 Å². The Morgan fingerprint density at radius 3 is 2.73 bits per heavy atom. The number of fused-ring (bicyclic) bond motifs is 1. The van der Waals surface area contributed by atoms with E-state index in [9.17, 15) is 14.4 Å². The summed E-state index contributed by atoms with van der Waals surface area (Å²) < 4.78 is 6.47. The summed E-state index contributed by atoms with van der Waals surface area (Å²) in [5, 5.41) is 7.25. The molecule has 0 saturated heterocycles. The lowest BCUT2D eigenvalue weighted by Gasteiger charge is -2.04. The standard InChI is InChI=1S/C20H16ClN5O4/c1-26-15-7-4-12(9-14(15)23-19(28)20(26)29)18-24-17(30-25-18)10-22-16(27)8-11-2-5-13(21)6-3-11/h2-7,9H,8,10H2,1H3,(H,22,27)(H,23,28). The molecule has 9 nitrogen and oxygen atoms in total. The molecule has 1 amide bonds. The third-order valence-corrected chi connectivity index (χ3v) is 4.80. The summed E-state index contributed by atoms with van der Waals surface area (Å²) in [4.78, 5) is 42.4. The molecule has 0 bridgehead atoms. The van der Waals surface area contributed by atoms with Gasteiger partial charge >= 0.3 is 11.1 Å². The number of nitrogens with one attached hydrogen (secondary N) is 2. The Labute approximate surface area is 174 Å². The first-order valence-electron chi connectivity index (χ1n) is 8.98. The number of hydrogen-bond donors (Lipinski definition) is 2. The first-order valence-corrected chi connectivity index (χ1v) is 9.35. The van der Waals surface area contributed by atoms with Gasteiger partial charge < -0.3 is 19.4 Å². The minimum Gasteiger partial charge on any atom is -0.347 e. The van der Waals surface area contributed by atoms with E-state index in [0.717, 1.165) is 5.56 Å². The van der Waals surface area contributed by atoms with Gasteiger partial charge in [0.2, 0.25) is 17.6 Å². The molecule has 152 valence electrons. The van der Waals surface area contributed by atoms with Crippen molar-refractivity contribution in [1.82, 2.24) is 25.0 Å². The zero-order chi connectivity index (χ0) is 21.3. The van der Waals surface area contributed by atoms with Gasteiger partial charge in [0.1, 0.15) is 0 Å². The lowest BCUT2D eigenvalue weighted by molar-refractivity contribution is -0.120. The van der Waals surface area contributed by atoms with E-state index in [0.29, 0.717) is 27.4 Å². The second-order valence-electron chi connectivity index (χ2n) is 6.64. The highest BCUT2D eigenvalue weighted by Crippen LogP contribution is 2.20. The minimum absolute atomic E-state index is 0.0817. The van der Waals surface area contributed by atoms with Gasteiger partial charge in [0.15, 0.2) is 0 Å². The highest BCUT2D eigenvalue weighted by Gasteiger charge is 2.12. The molecule has 4 aromatic rings. The van der Waals surface area contributed by atoms with Gasteiger partial charge in [-0.3, -0.25) is 14.4 Å². The number of halogens is 1. The smallest absolute Gasteiger partial charge is 0.316 e. The van der Waals surface area contributed by atoms with Crippen LogP contribution in [0.4, 0.5) is 0 Å². The molecule has 2 aromatic carbocycles. The van der Waals surface area contributed by atoms with Crippen LogP contribution in [0, 0.1) is 0 Å². The summed E-state index contributed by atoms with van der Waals surface area (Å²) >= 11 is 5.84. The third-order valence-electron chi connectivity index (χ3n) is 4.55. The Balaban J connectivity index is 1.46. The van der Waals surface area contributed by atoms with Crippen LogP contribution < -0.4 is 16.4 Å². The van der Waals surface area contributed by atoms with Gasteiger partial charge in [-0.15, -0.1) is 0 Å². The number of carbonyl (C=O) groups is 1. The van der Waals surface area contributed by atoms with Crippen LogP contribution in [0.5, 0.6) is 0 Å². The number of aromatic amines is 1. The molecule has 2 N–H and O–H groups in total. The number of aromatic nitrogens is 4. The van der Waals surface area contributed by atoms with Crippen molar-refractivity contribution in [2.45, 2.75) is 13.0 Å². The van der Waals surface area contributed by atoms with Gasteiger partial charge in [0.25, 0.3) is 0 Å². The summed E-state index contributed by atoms with van der Waals surface area (Å²) in [6.45, 7) is 0.0817. The molecule has 0 fully saturated rings. The Morgan fingerprint density at radius 1 is 1.20 bits per heavy atom. The molecule has 30 heavy (non-hydrogen) atoms. The average molecular weight is 426 g/mol. The molecule has 0 saturated carbocycles. The fourth-order valence-electron chi connectivity index (χ4n) is 2.97. The Morgan fingerprint density at radius 2 is 1.97 bits per heavy atom. The SMILES string of the molecule is Cn1c(=O)c(=O)[nH]c2cc(-c3noc(CNC(=O)Cc4ccc(Cl)cc4)n3)ccc21. The van der Waals surface area contributed by atoms with E-state index < -0.39 is 11.1 Å². The Bertz CT molecular complexity index is 1350. The van der Waals surface area contributed by atoms with Gasteiger partial charge in [0, 0.05) is 17.6 Å². The van der Waals surface area contributed by atoms with Crippen LogP contribution in [0.25, 0.3) is 22.4 Å². The van der Waals surface area contributed by atoms with Crippen LogP contribution in [-0.4, -0.2) is 25.6 Å². The molecule has 2 aromatic heterocycles. The van der Waals surface area contributed by atoms with E-state index in [2.05, 4.69) is 20.4 Å². The number of rotatable bonds is 5. The van der Waals surface area contributed by atoms with Crippen molar-refractivity contribution in [3.05, 3.63) is 79.6 Å². The third kappa shape index (κ3) is 4.01. The fourth-order valence-corrected chi connectivity index (χ4v) is 3.10. The lowest BCUT2D eigenvalue weighted by atomic mass is 10.1. The van der Waals surface area contributed by atoms with Crippen molar-refractivity contribution < 1.29 is 9.32 Å². The van der Waals surface area contributed by atoms with Gasteiger partial charge in [-0.25, -0.2) is 0 Å². The van der Waals surface area contributed by atoms with Gasteiger partial charge in [-0.05, 0) is 35.9 Å². The molecular weight excluding hydrogens is 410 g/mol. The molecule has 0 spiro atoms. The molecule has 0 aliphatic heterocycles. The van der Waals surface area contributed by atoms with Crippen molar-refractivity contribution >= 4 is 28.5 Å². The molecule has 0 unspecified atom stereocenters. The topological polar surface area (TPSA) is 123 Å². The van der Waals surface area contributed by atoms with Crippen LogP contribution in [0.1, 0.15) is 11.5 Å². The molecular formula is C20H16ClN5O4. The highest BCUT2D eigenvalue weighted by molar-refractivity contribution is 6.30. The maximum Gasteiger partial charge on any atom is 0.316 e. The van der Waals surface area contributed by atoms with Crippen LogP contribution in [0.3, 0.4) is 0 Å². The molecule has 2 heterocycles. The summed E-state index contributed by atoms with van der Waals surface area (Å²) in [6.07, 6.45) is 0.203. The summed E-state index contributed by atoms with van der Waals surface area (Å²) in [5.41, 5.74) is 1.14. The number of amides is 1. The normalized spacial score (nSPS) is 11.0. The Kier molecular flexibility index (Phi) is 5.20. The highest BCUT2D eigenvalue weighted by atomic mass is 35.5. The maximum atomic E-state index is 12.1. The van der Waals surface area contributed by atoms with Crippen LogP contribution in [0.15, 0.2) is 56.6 Å². The van der Waals surface area contributed by atoms with Gasteiger partial charge in [-0.2, -0.15) is 4.98 Å². The van der Waals surface area contributed by atoms with E-state index in [4.69, 9.17) is 16.1 Å². The number of H-pyrrole nitrogens is 1. The largest absolute Gasteiger partial charge is 0.347 e. The van der Waals surface area contributed by atoms with E-state index in [1.807, 2.05) is 0 Å². The second-order valence-corrected chi connectivity index (χ2v) is 7.08. The quantitative estimate of drug-likeness (QED) is 0.470. The number of hydrogen-bond acceptors (Lipinski definition) is 6. The van der Waals surface area contributed by atoms with Crippen molar-refractivity contribution in [1.29, 1.82) is 0 Å². The average Bonchev–Trinajstić information content (AvgIpc) is 3.21. The van der Waals surface area contributed by atoms with Crippen molar-refractivity contribution in [3.63, 3.8) is 0 Å². The fraction of sp³-hybridized carbons (Fsp3) is 0.150. The van der Waals surface area contributed by atoms with E-state index >= 15 is 0 Å². The summed E-state index contributed by atoms with van der Waals surface area (Å²) in [6, 6.07) is 12.1. The summed E-state index contributed by atoms with van der Waals surface area (Å²) in [7, 11) is 1.53.